The van der Waals surface area contributed by atoms with Gasteiger partial charge in [0.05, 0.1) is 4.92 Å². The van der Waals surface area contributed by atoms with Gasteiger partial charge in [-0.2, -0.15) is 0 Å². The molecular formula is C6H7ClN4O3S. The third-order valence-electron chi connectivity index (χ3n) is 1.27. The van der Waals surface area contributed by atoms with Crippen molar-refractivity contribution in [2.75, 3.05) is 17.7 Å². The quantitative estimate of drug-likeness (QED) is 0.480. The Hall–Kier alpha value is -1.41. The van der Waals surface area contributed by atoms with Crippen LogP contribution in [0.5, 0.6) is 0 Å². The van der Waals surface area contributed by atoms with Gasteiger partial charge in [-0.15, -0.1) is 11.6 Å². The summed E-state index contributed by atoms with van der Waals surface area (Å²) in [5, 5.41) is 15.1. The van der Waals surface area contributed by atoms with E-state index in [1.54, 1.807) is 0 Å². The minimum absolute atomic E-state index is 0.123. The van der Waals surface area contributed by atoms with E-state index >= 15 is 0 Å². The Morgan fingerprint density at radius 3 is 3.00 bits per heavy atom. The van der Waals surface area contributed by atoms with E-state index in [2.05, 4.69) is 15.6 Å². The number of alkyl halides is 1. The third-order valence-corrected chi connectivity index (χ3v) is 2.33. The van der Waals surface area contributed by atoms with E-state index in [1.807, 2.05) is 0 Å². The smallest absolute Gasteiger partial charge is 0.337 e. The molecule has 1 aromatic rings. The minimum atomic E-state index is -0.570. The Balaban J connectivity index is 2.50. The number of nitrogens with zero attached hydrogens (tertiary/aromatic N) is 2. The molecule has 2 N–H and O–H groups in total. The van der Waals surface area contributed by atoms with E-state index in [0.717, 1.165) is 17.5 Å². The van der Waals surface area contributed by atoms with Crippen LogP contribution in [0.25, 0.3) is 0 Å². The maximum Gasteiger partial charge on any atom is 0.345 e. The second-order valence-electron chi connectivity index (χ2n) is 2.33. The molecule has 0 bridgehead atoms. The van der Waals surface area contributed by atoms with Gasteiger partial charge in [0.1, 0.15) is 6.20 Å². The lowest BCUT2D eigenvalue weighted by Crippen LogP contribution is -2.30. The molecule has 0 radical (unpaired) electrons. The first-order chi connectivity index (χ1) is 7.13. The molecule has 82 valence electrons. The predicted molar refractivity (Wildman–Crippen MR) is 56.5 cm³/mol. The number of urea groups is 1. The SMILES string of the molecule is O=C(NCCCl)Nc1ncc([N+](=O)[O-])s1. The molecule has 1 heterocycles. The van der Waals surface area contributed by atoms with E-state index in [9.17, 15) is 14.9 Å². The summed E-state index contributed by atoms with van der Waals surface area (Å²) in [4.78, 5) is 24.5. The van der Waals surface area contributed by atoms with Crippen LogP contribution in [0.1, 0.15) is 0 Å². The summed E-state index contributed by atoms with van der Waals surface area (Å²) in [6.07, 6.45) is 1.09. The van der Waals surface area contributed by atoms with Crippen molar-refractivity contribution in [3.63, 3.8) is 0 Å². The Bertz CT molecular complexity index is 369. The highest BCUT2D eigenvalue weighted by Gasteiger charge is 2.12. The highest BCUT2D eigenvalue weighted by molar-refractivity contribution is 7.18. The van der Waals surface area contributed by atoms with Crippen LogP contribution in [0.15, 0.2) is 6.20 Å². The van der Waals surface area contributed by atoms with Crippen molar-refractivity contribution < 1.29 is 9.72 Å². The average molecular weight is 251 g/mol. The van der Waals surface area contributed by atoms with E-state index in [4.69, 9.17) is 11.6 Å². The van der Waals surface area contributed by atoms with Gasteiger partial charge >= 0.3 is 11.0 Å². The Morgan fingerprint density at radius 2 is 2.47 bits per heavy atom. The first kappa shape index (κ1) is 11.7. The maximum absolute atomic E-state index is 11.1. The van der Waals surface area contributed by atoms with Crippen LogP contribution in [0.4, 0.5) is 14.9 Å². The van der Waals surface area contributed by atoms with Crippen LogP contribution in [-0.2, 0) is 0 Å². The van der Waals surface area contributed by atoms with Gasteiger partial charge in [-0.3, -0.25) is 15.4 Å². The highest BCUT2D eigenvalue weighted by Crippen LogP contribution is 2.24. The van der Waals surface area contributed by atoms with Crippen molar-refractivity contribution >= 4 is 39.1 Å². The lowest BCUT2D eigenvalue weighted by Gasteiger charge is -2.01. The summed E-state index contributed by atoms with van der Waals surface area (Å²) in [5.41, 5.74) is 0. The fourth-order valence-electron chi connectivity index (χ4n) is 0.710. The molecule has 0 spiro atoms. The van der Waals surface area contributed by atoms with Crippen LogP contribution < -0.4 is 10.6 Å². The van der Waals surface area contributed by atoms with Gasteiger partial charge in [0, 0.05) is 12.4 Å². The van der Waals surface area contributed by atoms with E-state index < -0.39 is 11.0 Å². The second-order valence-corrected chi connectivity index (χ2v) is 3.72. The van der Waals surface area contributed by atoms with Crippen molar-refractivity contribution in [2.24, 2.45) is 0 Å². The van der Waals surface area contributed by atoms with E-state index in [1.165, 1.54) is 0 Å². The van der Waals surface area contributed by atoms with Crippen LogP contribution in [0, 0.1) is 10.1 Å². The molecule has 7 nitrogen and oxygen atoms in total. The van der Waals surface area contributed by atoms with E-state index in [0.29, 0.717) is 12.4 Å². The molecule has 0 aliphatic heterocycles. The minimum Gasteiger partial charge on any atom is -0.337 e. The lowest BCUT2D eigenvalue weighted by molar-refractivity contribution is -0.380. The molecule has 0 saturated heterocycles. The first-order valence-electron chi connectivity index (χ1n) is 3.84. The number of rotatable bonds is 4. The topological polar surface area (TPSA) is 97.2 Å². The molecular weight excluding hydrogens is 244 g/mol. The Morgan fingerprint density at radius 1 is 1.73 bits per heavy atom. The number of thiazole rings is 1. The van der Waals surface area contributed by atoms with Gasteiger partial charge in [0.25, 0.3) is 0 Å². The van der Waals surface area contributed by atoms with Crippen molar-refractivity contribution in [1.82, 2.24) is 10.3 Å². The molecule has 0 aliphatic rings. The van der Waals surface area contributed by atoms with Gasteiger partial charge in [-0.1, -0.05) is 0 Å². The predicted octanol–water partition coefficient (Wildman–Crippen LogP) is 1.41. The number of nitrogens with one attached hydrogen (secondary N) is 2. The molecule has 1 aromatic heterocycles. The number of nitro groups is 1. The number of hydrogen-bond acceptors (Lipinski definition) is 5. The van der Waals surface area contributed by atoms with Crippen molar-refractivity contribution in [3.8, 4) is 0 Å². The fraction of sp³-hybridized carbons (Fsp3) is 0.333. The maximum atomic E-state index is 11.1. The molecule has 15 heavy (non-hydrogen) atoms. The normalized spacial score (nSPS) is 9.67. The number of anilines is 1. The van der Waals surface area contributed by atoms with E-state index in [-0.39, 0.29) is 10.1 Å². The second kappa shape index (κ2) is 5.47. The number of halogens is 1. The number of hydrogen-bond donors (Lipinski definition) is 2. The molecule has 9 heteroatoms. The van der Waals surface area contributed by atoms with Gasteiger partial charge in [0.2, 0.25) is 0 Å². The zero-order valence-corrected chi connectivity index (χ0v) is 8.97. The fourth-order valence-corrected chi connectivity index (χ4v) is 1.43. The molecule has 0 atom stereocenters. The monoisotopic (exact) mass is 250 g/mol. The Kier molecular flexibility index (Phi) is 4.25. The standard InChI is InChI=1S/C6H7ClN4O3S/c7-1-2-8-5(12)10-6-9-3-4(15-6)11(13)14/h3H,1-2H2,(H2,8,9,10,12). The molecule has 2 amide bonds. The number of carbonyl (C=O) groups excluding carboxylic acids is 1. The van der Waals surface area contributed by atoms with Crippen LogP contribution in [0.2, 0.25) is 0 Å². The molecule has 0 unspecified atom stereocenters. The molecule has 0 aliphatic carbocycles. The zero-order valence-electron chi connectivity index (χ0n) is 7.40. The summed E-state index contributed by atoms with van der Waals surface area (Å²) in [7, 11) is 0. The van der Waals surface area contributed by atoms with Crippen molar-refractivity contribution in [3.05, 3.63) is 16.3 Å². The van der Waals surface area contributed by atoms with Gasteiger partial charge in [-0.05, 0) is 11.3 Å². The van der Waals surface area contributed by atoms with Gasteiger partial charge < -0.3 is 5.32 Å². The summed E-state index contributed by atoms with van der Waals surface area (Å²) >= 11 is 6.14. The number of aromatic nitrogens is 1. The summed E-state index contributed by atoms with van der Waals surface area (Å²) in [6, 6.07) is -0.486. The van der Waals surface area contributed by atoms with Gasteiger partial charge in [-0.25, -0.2) is 9.78 Å². The van der Waals surface area contributed by atoms with Gasteiger partial charge in [0.15, 0.2) is 5.13 Å². The highest BCUT2D eigenvalue weighted by atomic mass is 35.5. The summed E-state index contributed by atoms with van der Waals surface area (Å²) in [5.74, 6) is 0.297. The number of amides is 2. The molecule has 0 saturated carbocycles. The first-order valence-corrected chi connectivity index (χ1v) is 5.19. The largest absolute Gasteiger partial charge is 0.345 e. The van der Waals surface area contributed by atoms with Crippen LogP contribution in [0.3, 0.4) is 0 Å². The Labute approximate surface area is 93.6 Å². The van der Waals surface area contributed by atoms with Crippen molar-refractivity contribution in [1.29, 1.82) is 0 Å². The number of carbonyl (C=O) groups is 1. The molecule has 0 aromatic carbocycles. The summed E-state index contributed by atoms with van der Waals surface area (Å²) < 4.78 is 0. The van der Waals surface area contributed by atoms with Crippen molar-refractivity contribution in [2.45, 2.75) is 0 Å². The zero-order chi connectivity index (χ0) is 11.3. The molecule has 0 fully saturated rings. The third kappa shape index (κ3) is 3.68. The molecule has 1 rings (SSSR count). The lowest BCUT2D eigenvalue weighted by atomic mass is 10.7. The van der Waals surface area contributed by atoms with Crippen LogP contribution >= 0.6 is 22.9 Å². The average Bonchev–Trinajstić information content (AvgIpc) is 2.63. The van der Waals surface area contributed by atoms with Crippen LogP contribution in [-0.4, -0.2) is 28.4 Å². The summed E-state index contributed by atoms with van der Waals surface area (Å²) in [6.45, 7) is 0.320.